The van der Waals surface area contributed by atoms with Gasteiger partial charge >= 0.3 is 5.69 Å². The van der Waals surface area contributed by atoms with Gasteiger partial charge in [-0.25, -0.2) is 17.8 Å². The van der Waals surface area contributed by atoms with Crippen LogP contribution in [0.5, 0.6) is 0 Å². The second kappa shape index (κ2) is 7.29. The van der Waals surface area contributed by atoms with E-state index in [0.717, 1.165) is 11.0 Å². The number of para-hydroxylation sites is 3. The number of nitrogens with zero attached hydrogens (tertiary/aromatic N) is 3. The SMILES string of the molecule is CCCCC(=O)n1c(=O)n(S(=O)(=O)c2cccc3cccnc23)c2ccccc21. The molecule has 0 aliphatic rings. The number of imidazole rings is 1. The number of aromatic nitrogens is 3. The van der Waals surface area contributed by atoms with E-state index in [4.69, 9.17) is 0 Å². The van der Waals surface area contributed by atoms with Gasteiger partial charge in [-0.1, -0.05) is 43.7 Å². The van der Waals surface area contributed by atoms with E-state index in [1.54, 1.807) is 42.5 Å². The van der Waals surface area contributed by atoms with Crippen molar-refractivity contribution in [2.24, 2.45) is 0 Å². The van der Waals surface area contributed by atoms with Crippen LogP contribution < -0.4 is 5.69 Å². The molecule has 2 heterocycles. The van der Waals surface area contributed by atoms with E-state index < -0.39 is 21.6 Å². The highest BCUT2D eigenvalue weighted by Gasteiger charge is 2.28. The zero-order valence-electron chi connectivity index (χ0n) is 15.8. The first kappa shape index (κ1) is 19.1. The molecular weight excluding hydrogens is 390 g/mol. The molecule has 0 saturated heterocycles. The third kappa shape index (κ3) is 3.05. The lowest BCUT2D eigenvalue weighted by Gasteiger charge is -2.08. The van der Waals surface area contributed by atoms with Gasteiger partial charge in [-0.2, -0.15) is 3.97 Å². The van der Waals surface area contributed by atoms with Crippen molar-refractivity contribution in [1.29, 1.82) is 0 Å². The largest absolute Gasteiger partial charge is 0.350 e. The molecule has 148 valence electrons. The summed E-state index contributed by atoms with van der Waals surface area (Å²) in [6.45, 7) is 1.94. The summed E-state index contributed by atoms with van der Waals surface area (Å²) in [4.78, 5) is 29.9. The van der Waals surface area contributed by atoms with Crippen molar-refractivity contribution in [3.63, 3.8) is 0 Å². The number of pyridine rings is 1. The quantitative estimate of drug-likeness (QED) is 0.504. The molecule has 0 saturated carbocycles. The van der Waals surface area contributed by atoms with Crippen LogP contribution in [0, 0.1) is 0 Å². The van der Waals surface area contributed by atoms with Crippen molar-refractivity contribution in [3.8, 4) is 0 Å². The van der Waals surface area contributed by atoms with Crippen LogP contribution in [-0.2, 0) is 10.0 Å². The number of fused-ring (bicyclic) bond motifs is 2. The average molecular weight is 409 g/mol. The van der Waals surface area contributed by atoms with E-state index in [2.05, 4.69) is 4.98 Å². The zero-order valence-corrected chi connectivity index (χ0v) is 16.6. The van der Waals surface area contributed by atoms with Crippen molar-refractivity contribution < 1.29 is 13.2 Å². The van der Waals surface area contributed by atoms with Crippen molar-refractivity contribution in [2.45, 2.75) is 31.1 Å². The molecule has 0 radical (unpaired) electrons. The summed E-state index contributed by atoms with van der Waals surface area (Å²) in [7, 11) is -4.29. The Bertz CT molecular complexity index is 1400. The maximum absolute atomic E-state index is 13.5. The van der Waals surface area contributed by atoms with Crippen LogP contribution in [0.3, 0.4) is 0 Å². The average Bonchev–Trinajstić information content (AvgIpc) is 3.04. The Hall–Kier alpha value is -3.26. The van der Waals surface area contributed by atoms with Gasteiger partial charge in [-0.3, -0.25) is 9.78 Å². The number of rotatable bonds is 5. The minimum atomic E-state index is -4.29. The Morgan fingerprint density at radius 1 is 1.00 bits per heavy atom. The van der Waals surface area contributed by atoms with Gasteiger partial charge in [0.05, 0.1) is 16.6 Å². The Labute approximate surface area is 167 Å². The smallest absolute Gasteiger partial charge is 0.274 e. The van der Waals surface area contributed by atoms with Crippen molar-refractivity contribution in [3.05, 3.63) is 71.3 Å². The molecule has 0 aliphatic heterocycles. The van der Waals surface area contributed by atoms with Crippen LogP contribution in [0.15, 0.2) is 70.5 Å². The Kier molecular flexibility index (Phi) is 4.79. The summed E-state index contributed by atoms with van der Waals surface area (Å²) in [6, 6.07) is 14.6. The normalized spacial score (nSPS) is 11.9. The van der Waals surface area contributed by atoms with Gasteiger partial charge < -0.3 is 0 Å². The number of carbonyl (C=O) groups is 1. The molecule has 0 amide bonds. The lowest BCUT2D eigenvalue weighted by atomic mass is 10.2. The highest BCUT2D eigenvalue weighted by molar-refractivity contribution is 7.90. The first-order valence-corrected chi connectivity index (χ1v) is 10.8. The molecule has 2 aromatic carbocycles. The van der Waals surface area contributed by atoms with Gasteiger partial charge in [-0.15, -0.1) is 0 Å². The first-order chi connectivity index (χ1) is 14.0. The van der Waals surface area contributed by atoms with Crippen molar-refractivity contribution in [1.82, 2.24) is 13.5 Å². The van der Waals surface area contributed by atoms with E-state index in [-0.39, 0.29) is 27.9 Å². The molecule has 0 bridgehead atoms. The molecule has 0 N–H and O–H groups in total. The molecule has 0 spiro atoms. The predicted octanol–water partition coefficient (Wildman–Crippen LogP) is 3.42. The van der Waals surface area contributed by atoms with Gasteiger partial charge in [-0.05, 0) is 30.7 Å². The van der Waals surface area contributed by atoms with E-state index in [1.807, 2.05) is 6.92 Å². The summed E-state index contributed by atoms with van der Waals surface area (Å²) in [6.07, 6.45) is 3.08. The number of hydrogen-bond acceptors (Lipinski definition) is 5. The number of hydrogen-bond donors (Lipinski definition) is 0. The zero-order chi connectivity index (χ0) is 20.6. The molecule has 0 fully saturated rings. The maximum Gasteiger partial charge on any atom is 0.350 e. The molecule has 0 aliphatic carbocycles. The van der Waals surface area contributed by atoms with Crippen LogP contribution >= 0.6 is 0 Å². The predicted molar refractivity (Wildman–Crippen MR) is 111 cm³/mol. The molecule has 0 unspecified atom stereocenters. The molecule has 8 heteroatoms. The van der Waals surface area contributed by atoms with Gasteiger partial charge in [0.15, 0.2) is 0 Å². The number of carbonyl (C=O) groups excluding carboxylic acids is 1. The topological polar surface area (TPSA) is 91.0 Å². The van der Waals surface area contributed by atoms with E-state index in [0.29, 0.717) is 15.8 Å². The van der Waals surface area contributed by atoms with Crippen LogP contribution in [0.1, 0.15) is 31.0 Å². The van der Waals surface area contributed by atoms with Gasteiger partial charge in [0.25, 0.3) is 10.0 Å². The molecule has 4 aromatic rings. The molecular formula is C21H19N3O4S. The summed E-state index contributed by atoms with van der Waals surface area (Å²) in [5, 5.41) is 0.643. The fourth-order valence-corrected chi connectivity index (χ4v) is 4.98. The second-order valence-corrected chi connectivity index (χ2v) is 8.46. The highest BCUT2D eigenvalue weighted by atomic mass is 32.2. The van der Waals surface area contributed by atoms with Crippen LogP contribution in [0.25, 0.3) is 21.9 Å². The third-order valence-electron chi connectivity index (χ3n) is 4.81. The maximum atomic E-state index is 13.5. The van der Waals surface area contributed by atoms with Crippen LogP contribution in [0.2, 0.25) is 0 Å². The summed E-state index contributed by atoms with van der Waals surface area (Å²) in [5.41, 5.74) is -0.179. The molecule has 4 rings (SSSR count). The Morgan fingerprint density at radius 2 is 1.72 bits per heavy atom. The minimum Gasteiger partial charge on any atom is -0.274 e. The number of benzene rings is 2. The van der Waals surface area contributed by atoms with Crippen molar-refractivity contribution >= 4 is 37.9 Å². The molecule has 2 aromatic heterocycles. The fourth-order valence-electron chi connectivity index (χ4n) is 3.42. The summed E-state index contributed by atoms with van der Waals surface area (Å²) >= 11 is 0. The molecule has 0 atom stereocenters. The monoisotopic (exact) mass is 409 g/mol. The molecule has 29 heavy (non-hydrogen) atoms. The van der Waals surface area contributed by atoms with Gasteiger partial charge in [0.1, 0.15) is 4.90 Å². The lowest BCUT2D eigenvalue weighted by molar-refractivity contribution is 0.0900. The fraction of sp³-hybridized carbons (Fsp3) is 0.190. The van der Waals surface area contributed by atoms with E-state index in [9.17, 15) is 18.0 Å². The molecule has 7 nitrogen and oxygen atoms in total. The van der Waals surface area contributed by atoms with Gasteiger partial charge in [0.2, 0.25) is 5.91 Å². The van der Waals surface area contributed by atoms with Crippen LogP contribution in [0.4, 0.5) is 0 Å². The lowest BCUT2D eigenvalue weighted by Crippen LogP contribution is -2.32. The minimum absolute atomic E-state index is 0.0818. The van der Waals surface area contributed by atoms with Crippen LogP contribution in [-0.4, -0.2) is 27.8 Å². The standard InChI is InChI=1S/C21H19N3O4S/c1-2-3-13-19(25)23-16-10-4-5-11-17(16)24(21(23)26)29(27,28)18-12-6-8-15-9-7-14-22-20(15)18/h4-12,14H,2-3,13H2,1H3. The van der Waals surface area contributed by atoms with Crippen molar-refractivity contribution in [2.75, 3.05) is 0 Å². The first-order valence-electron chi connectivity index (χ1n) is 9.32. The van der Waals surface area contributed by atoms with E-state index in [1.165, 1.54) is 18.3 Å². The highest BCUT2D eigenvalue weighted by Crippen LogP contribution is 2.25. The Morgan fingerprint density at radius 3 is 2.48 bits per heavy atom. The number of unbranched alkanes of at least 4 members (excludes halogenated alkanes) is 1. The third-order valence-corrected chi connectivity index (χ3v) is 6.53. The second-order valence-electron chi connectivity index (χ2n) is 6.70. The summed E-state index contributed by atoms with van der Waals surface area (Å²) in [5.74, 6) is -0.418. The van der Waals surface area contributed by atoms with Gasteiger partial charge in [0, 0.05) is 18.0 Å². The summed E-state index contributed by atoms with van der Waals surface area (Å²) < 4.78 is 28.7. The van der Waals surface area contributed by atoms with E-state index >= 15 is 0 Å². The Balaban J connectivity index is 2.02.